The lowest BCUT2D eigenvalue weighted by Gasteiger charge is -2.20. The third kappa shape index (κ3) is 2.15. The fraction of sp³-hybridized carbons (Fsp3) is 0.545. The van der Waals surface area contributed by atoms with Crippen molar-refractivity contribution >= 4 is 11.9 Å². The molecule has 0 bridgehead atoms. The summed E-state index contributed by atoms with van der Waals surface area (Å²) in [6.07, 6.45) is 4.41. The summed E-state index contributed by atoms with van der Waals surface area (Å²) in [5, 5.41) is 13.0. The second kappa shape index (κ2) is 4.57. The van der Waals surface area contributed by atoms with Gasteiger partial charge < -0.3 is 10.0 Å². The Bertz CT molecular complexity index is 441. The molecule has 6 nitrogen and oxygen atoms in total. The van der Waals surface area contributed by atoms with Crippen molar-refractivity contribution in [2.45, 2.75) is 32.4 Å². The number of hydrogen-bond acceptors (Lipinski definition) is 3. The van der Waals surface area contributed by atoms with Gasteiger partial charge in [-0.1, -0.05) is 0 Å². The van der Waals surface area contributed by atoms with Gasteiger partial charge in [0.05, 0.1) is 11.8 Å². The van der Waals surface area contributed by atoms with E-state index in [4.69, 9.17) is 5.11 Å². The minimum absolute atomic E-state index is 0.241. The zero-order valence-electron chi connectivity index (χ0n) is 9.67. The summed E-state index contributed by atoms with van der Waals surface area (Å²) in [6, 6.07) is -0.688. The monoisotopic (exact) mass is 237 g/mol. The summed E-state index contributed by atoms with van der Waals surface area (Å²) < 4.78 is 1.65. The first kappa shape index (κ1) is 11.6. The minimum Gasteiger partial charge on any atom is -0.480 e. The first-order valence-electron chi connectivity index (χ1n) is 5.69. The van der Waals surface area contributed by atoms with E-state index in [1.807, 2.05) is 6.92 Å². The summed E-state index contributed by atoms with van der Waals surface area (Å²) in [5.41, 5.74) is 0.458. The number of aliphatic carboxylic acids is 1. The van der Waals surface area contributed by atoms with E-state index in [2.05, 4.69) is 5.10 Å². The highest BCUT2D eigenvalue weighted by Gasteiger charge is 2.34. The molecular formula is C11H15N3O3. The normalized spacial score (nSPS) is 19.6. The van der Waals surface area contributed by atoms with Crippen LogP contribution in [0.1, 0.15) is 30.1 Å². The molecule has 1 amide bonds. The standard InChI is InChI=1S/C11H15N3O3/c1-2-13-7-8(6-12-13)10(15)14-5-3-4-9(14)11(16)17/h6-7,9H,2-5H2,1H3,(H,16,17). The van der Waals surface area contributed by atoms with Gasteiger partial charge in [-0.25, -0.2) is 4.79 Å². The first-order valence-corrected chi connectivity index (χ1v) is 5.69. The fourth-order valence-corrected chi connectivity index (χ4v) is 2.08. The number of aromatic nitrogens is 2. The molecule has 0 aromatic carbocycles. The van der Waals surface area contributed by atoms with Crippen molar-refractivity contribution in [3.63, 3.8) is 0 Å². The maximum atomic E-state index is 12.1. The molecule has 2 heterocycles. The molecule has 92 valence electrons. The smallest absolute Gasteiger partial charge is 0.326 e. The van der Waals surface area contributed by atoms with Gasteiger partial charge in [-0.2, -0.15) is 5.10 Å². The number of nitrogens with zero attached hydrogens (tertiary/aromatic N) is 3. The van der Waals surface area contributed by atoms with Crippen LogP contribution in [0, 0.1) is 0 Å². The van der Waals surface area contributed by atoms with E-state index in [1.165, 1.54) is 11.1 Å². The SMILES string of the molecule is CCn1cc(C(=O)N2CCCC2C(=O)O)cn1. The van der Waals surface area contributed by atoms with E-state index < -0.39 is 12.0 Å². The number of hydrogen-bond donors (Lipinski definition) is 1. The highest BCUT2D eigenvalue weighted by atomic mass is 16.4. The Labute approximate surface area is 98.8 Å². The number of carboxylic acids is 1. The summed E-state index contributed by atoms with van der Waals surface area (Å²) >= 11 is 0. The quantitative estimate of drug-likeness (QED) is 0.835. The molecule has 1 aliphatic heterocycles. The lowest BCUT2D eigenvalue weighted by molar-refractivity contribution is -0.141. The number of carboxylic acid groups (broad SMARTS) is 1. The average molecular weight is 237 g/mol. The van der Waals surface area contributed by atoms with Gasteiger partial charge in [0.25, 0.3) is 5.91 Å². The van der Waals surface area contributed by atoms with Crippen LogP contribution < -0.4 is 0 Å². The third-order valence-corrected chi connectivity index (χ3v) is 3.00. The number of amides is 1. The first-order chi connectivity index (χ1) is 8.13. The third-order valence-electron chi connectivity index (χ3n) is 3.00. The van der Waals surface area contributed by atoms with Crippen LogP contribution in [0.5, 0.6) is 0 Å². The summed E-state index contributed by atoms with van der Waals surface area (Å²) in [7, 11) is 0. The molecule has 1 N–H and O–H groups in total. The fourth-order valence-electron chi connectivity index (χ4n) is 2.08. The van der Waals surface area contributed by atoms with Crippen molar-refractivity contribution in [3.8, 4) is 0 Å². The Morgan fingerprint density at radius 3 is 2.94 bits per heavy atom. The predicted molar refractivity (Wildman–Crippen MR) is 59.6 cm³/mol. The molecule has 1 atom stereocenters. The highest BCUT2D eigenvalue weighted by molar-refractivity contribution is 5.96. The zero-order chi connectivity index (χ0) is 12.4. The van der Waals surface area contributed by atoms with Crippen LogP contribution in [0.25, 0.3) is 0 Å². The molecule has 2 rings (SSSR count). The van der Waals surface area contributed by atoms with Gasteiger partial charge in [-0.15, -0.1) is 0 Å². The van der Waals surface area contributed by atoms with Crippen molar-refractivity contribution < 1.29 is 14.7 Å². The van der Waals surface area contributed by atoms with Crippen LogP contribution in [-0.2, 0) is 11.3 Å². The topological polar surface area (TPSA) is 75.4 Å². The van der Waals surface area contributed by atoms with Crippen molar-refractivity contribution in [1.29, 1.82) is 0 Å². The van der Waals surface area contributed by atoms with Gasteiger partial charge >= 0.3 is 5.97 Å². The lowest BCUT2D eigenvalue weighted by atomic mass is 10.2. The molecule has 1 unspecified atom stereocenters. The maximum absolute atomic E-state index is 12.1. The van der Waals surface area contributed by atoms with Crippen LogP contribution in [0.4, 0.5) is 0 Å². The number of aryl methyl sites for hydroxylation is 1. The molecule has 1 aromatic rings. The molecule has 1 fully saturated rings. The Kier molecular flexibility index (Phi) is 3.12. The predicted octanol–water partition coefficient (Wildman–Crippen LogP) is 0.592. The van der Waals surface area contributed by atoms with E-state index in [9.17, 15) is 9.59 Å². The van der Waals surface area contributed by atoms with Gasteiger partial charge in [0.1, 0.15) is 6.04 Å². The maximum Gasteiger partial charge on any atom is 0.326 e. The van der Waals surface area contributed by atoms with E-state index in [0.717, 1.165) is 6.42 Å². The van der Waals surface area contributed by atoms with E-state index in [1.54, 1.807) is 10.9 Å². The van der Waals surface area contributed by atoms with Gasteiger partial charge in [-0.05, 0) is 19.8 Å². The largest absolute Gasteiger partial charge is 0.480 e. The van der Waals surface area contributed by atoms with E-state index >= 15 is 0 Å². The number of carbonyl (C=O) groups excluding carboxylic acids is 1. The average Bonchev–Trinajstić information content (AvgIpc) is 2.97. The molecule has 1 aliphatic rings. The van der Waals surface area contributed by atoms with Crippen molar-refractivity contribution in [1.82, 2.24) is 14.7 Å². The van der Waals surface area contributed by atoms with Crippen LogP contribution in [0.3, 0.4) is 0 Å². The molecule has 0 saturated carbocycles. The second-order valence-corrected chi connectivity index (χ2v) is 4.08. The molecule has 17 heavy (non-hydrogen) atoms. The molecule has 1 saturated heterocycles. The summed E-state index contributed by atoms with van der Waals surface area (Å²) in [6.45, 7) is 3.12. The van der Waals surface area contributed by atoms with E-state index in [0.29, 0.717) is 25.1 Å². The van der Waals surface area contributed by atoms with Crippen LogP contribution in [-0.4, -0.2) is 44.3 Å². The van der Waals surface area contributed by atoms with Crippen molar-refractivity contribution in [3.05, 3.63) is 18.0 Å². The lowest BCUT2D eigenvalue weighted by Crippen LogP contribution is -2.40. The molecule has 0 spiro atoms. The zero-order valence-corrected chi connectivity index (χ0v) is 9.67. The van der Waals surface area contributed by atoms with E-state index in [-0.39, 0.29) is 5.91 Å². The Balaban J connectivity index is 2.16. The molecule has 6 heteroatoms. The van der Waals surface area contributed by atoms with Crippen molar-refractivity contribution in [2.24, 2.45) is 0 Å². The van der Waals surface area contributed by atoms with Crippen LogP contribution in [0.15, 0.2) is 12.4 Å². The van der Waals surface area contributed by atoms with Gasteiger partial charge in [-0.3, -0.25) is 9.48 Å². The van der Waals surface area contributed by atoms with Gasteiger partial charge in [0.15, 0.2) is 0 Å². The number of likely N-dealkylation sites (tertiary alicyclic amines) is 1. The van der Waals surface area contributed by atoms with Crippen LogP contribution in [0.2, 0.25) is 0 Å². The Morgan fingerprint density at radius 1 is 1.59 bits per heavy atom. The van der Waals surface area contributed by atoms with Crippen molar-refractivity contribution in [2.75, 3.05) is 6.54 Å². The Hall–Kier alpha value is -1.85. The number of rotatable bonds is 3. The molecule has 0 radical (unpaired) electrons. The van der Waals surface area contributed by atoms with Crippen LogP contribution >= 0.6 is 0 Å². The highest BCUT2D eigenvalue weighted by Crippen LogP contribution is 2.20. The number of carbonyl (C=O) groups is 2. The summed E-state index contributed by atoms with van der Waals surface area (Å²) in [5.74, 6) is -1.17. The second-order valence-electron chi connectivity index (χ2n) is 4.08. The molecular weight excluding hydrogens is 222 g/mol. The molecule has 1 aromatic heterocycles. The molecule has 0 aliphatic carbocycles. The van der Waals surface area contributed by atoms with Gasteiger partial charge in [0, 0.05) is 19.3 Å². The minimum atomic E-state index is -0.932. The summed E-state index contributed by atoms with van der Waals surface area (Å²) in [4.78, 5) is 24.5. The Morgan fingerprint density at radius 2 is 2.35 bits per heavy atom. The van der Waals surface area contributed by atoms with Gasteiger partial charge in [0.2, 0.25) is 0 Å².